The van der Waals surface area contributed by atoms with Gasteiger partial charge in [-0.25, -0.2) is 0 Å². The highest BCUT2D eigenvalue weighted by atomic mass is 16.6. The van der Waals surface area contributed by atoms with Crippen molar-refractivity contribution in [2.45, 2.75) is 20.4 Å². The summed E-state index contributed by atoms with van der Waals surface area (Å²) in [7, 11) is 0. The highest BCUT2D eigenvalue weighted by Crippen LogP contribution is 2.24. The summed E-state index contributed by atoms with van der Waals surface area (Å²) in [4.78, 5) is 10.5. The minimum absolute atomic E-state index is 0.0414. The maximum absolute atomic E-state index is 10.9. The lowest BCUT2D eigenvalue weighted by Gasteiger charge is -2.08. The summed E-state index contributed by atoms with van der Waals surface area (Å²) in [5.74, 6) is 0.680. The third kappa shape index (κ3) is 3.47. The van der Waals surface area contributed by atoms with Gasteiger partial charge in [-0.2, -0.15) is 0 Å². The minimum atomic E-state index is -0.412. The largest absolute Gasteiger partial charge is 0.385 e. The molecule has 1 heterocycles. The van der Waals surface area contributed by atoms with Crippen LogP contribution in [-0.4, -0.2) is 16.6 Å². The highest BCUT2D eigenvalue weighted by Gasteiger charge is 2.10. The van der Waals surface area contributed by atoms with Gasteiger partial charge in [-0.15, -0.1) is 0 Å². The number of nitro groups is 1. The summed E-state index contributed by atoms with van der Waals surface area (Å²) in [5.41, 5.74) is 2.20. The van der Waals surface area contributed by atoms with Crippen molar-refractivity contribution < 1.29 is 9.45 Å². The molecule has 2 N–H and O–H groups in total. The second-order valence-corrected chi connectivity index (χ2v) is 4.34. The van der Waals surface area contributed by atoms with E-state index >= 15 is 0 Å². The van der Waals surface area contributed by atoms with Gasteiger partial charge >= 0.3 is 0 Å². The van der Waals surface area contributed by atoms with Crippen LogP contribution in [0, 0.1) is 17.0 Å². The molecule has 0 aliphatic heterocycles. The van der Waals surface area contributed by atoms with Crippen LogP contribution < -0.4 is 10.6 Å². The van der Waals surface area contributed by atoms with E-state index in [1.165, 1.54) is 12.1 Å². The monoisotopic (exact) mass is 276 g/mol. The Labute approximate surface area is 116 Å². The van der Waals surface area contributed by atoms with E-state index in [-0.39, 0.29) is 5.69 Å². The van der Waals surface area contributed by atoms with Crippen LogP contribution in [-0.2, 0) is 6.54 Å². The van der Waals surface area contributed by atoms with Crippen molar-refractivity contribution in [1.82, 2.24) is 5.16 Å². The second kappa shape index (κ2) is 6.05. The lowest BCUT2D eigenvalue weighted by Crippen LogP contribution is -2.02. The van der Waals surface area contributed by atoms with Crippen molar-refractivity contribution in [2.75, 3.05) is 17.2 Å². The molecule has 106 valence electrons. The number of nitrogens with zero attached hydrogens (tertiary/aromatic N) is 2. The van der Waals surface area contributed by atoms with Crippen molar-refractivity contribution in [3.63, 3.8) is 0 Å². The number of hydrogen-bond acceptors (Lipinski definition) is 6. The molecule has 0 saturated carbocycles. The Kier molecular flexibility index (Phi) is 4.19. The van der Waals surface area contributed by atoms with Gasteiger partial charge in [0.05, 0.1) is 17.2 Å². The van der Waals surface area contributed by atoms with E-state index in [1.807, 2.05) is 26.0 Å². The molecule has 1 aromatic heterocycles. The Balaban J connectivity index is 2.15. The van der Waals surface area contributed by atoms with E-state index in [0.717, 1.165) is 5.69 Å². The molecule has 0 amide bonds. The van der Waals surface area contributed by atoms with Crippen molar-refractivity contribution >= 4 is 17.1 Å². The van der Waals surface area contributed by atoms with Crippen LogP contribution in [0.3, 0.4) is 0 Å². The number of non-ortho nitro benzene ring substituents is 1. The zero-order valence-electron chi connectivity index (χ0n) is 11.3. The number of aromatic nitrogens is 1. The van der Waals surface area contributed by atoms with Gasteiger partial charge in [0.25, 0.3) is 5.69 Å². The molecular formula is C13H16N4O3. The fourth-order valence-electron chi connectivity index (χ4n) is 1.81. The molecule has 0 spiro atoms. The topological polar surface area (TPSA) is 93.2 Å². The molecular weight excluding hydrogens is 260 g/mol. The number of anilines is 2. The van der Waals surface area contributed by atoms with Crippen LogP contribution in [0.25, 0.3) is 0 Å². The number of nitro benzene ring substituents is 1. The number of rotatable bonds is 6. The predicted molar refractivity (Wildman–Crippen MR) is 75.8 cm³/mol. The van der Waals surface area contributed by atoms with Crippen molar-refractivity contribution in [3.8, 4) is 0 Å². The second-order valence-electron chi connectivity index (χ2n) is 4.34. The Morgan fingerprint density at radius 2 is 1.95 bits per heavy atom. The van der Waals surface area contributed by atoms with Gasteiger partial charge in [0.2, 0.25) is 0 Å². The van der Waals surface area contributed by atoms with E-state index in [4.69, 9.17) is 4.52 Å². The van der Waals surface area contributed by atoms with Crippen molar-refractivity contribution in [3.05, 3.63) is 45.8 Å². The zero-order chi connectivity index (χ0) is 14.5. The zero-order valence-corrected chi connectivity index (χ0v) is 11.3. The van der Waals surface area contributed by atoms with Crippen LogP contribution in [0.2, 0.25) is 0 Å². The Bertz CT molecular complexity index is 609. The molecule has 0 unspecified atom stereocenters. The highest BCUT2D eigenvalue weighted by molar-refractivity contribution is 5.63. The fraction of sp³-hybridized carbons (Fsp3) is 0.308. The Morgan fingerprint density at radius 3 is 2.50 bits per heavy atom. The summed E-state index contributed by atoms with van der Waals surface area (Å²) in [5, 5.41) is 20.9. The van der Waals surface area contributed by atoms with E-state index < -0.39 is 4.92 Å². The van der Waals surface area contributed by atoms with E-state index in [9.17, 15) is 10.1 Å². The maximum atomic E-state index is 10.9. The first-order chi connectivity index (χ1) is 9.58. The number of benzene rings is 1. The smallest absolute Gasteiger partial charge is 0.273 e. The van der Waals surface area contributed by atoms with Gasteiger partial charge in [0.1, 0.15) is 0 Å². The van der Waals surface area contributed by atoms with Crippen LogP contribution >= 0.6 is 0 Å². The molecule has 2 aromatic rings. The first kappa shape index (κ1) is 13.9. The average molecular weight is 276 g/mol. The van der Waals surface area contributed by atoms with Crippen LogP contribution in [0.5, 0.6) is 0 Å². The van der Waals surface area contributed by atoms with Crippen LogP contribution in [0.15, 0.2) is 28.8 Å². The predicted octanol–water partition coefficient (Wildman–Crippen LogP) is 2.94. The van der Waals surface area contributed by atoms with Gasteiger partial charge in [-0.05, 0) is 19.9 Å². The summed E-state index contributed by atoms with van der Waals surface area (Å²) in [6.07, 6.45) is 0. The first-order valence-electron chi connectivity index (χ1n) is 6.28. The van der Waals surface area contributed by atoms with Gasteiger partial charge < -0.3 is 15.2 Å². The molecule has 0 atom stereocenters. The summed E-state index contributed by atoms with van der Waals surface area (Å²) < 4.78 is 5.08. The first-order valence-corrected chi connectivity index (χ1v) is 6.28. The minimum Gasteiger partial charge on any atom is -0.385 e. The number of hydrogen-bond donors (Lipinski definition) is 2. The molecule has 7 heteroatoms. The van der Waals surface area contributed by atoms with Crippen LogP contribution in [0.1, 0.15) is 18.4 Å². The average Bonchev–Trinajstić information content (AvgIpc) is 2.82. The quantitative estimate of drug-likeness (QED) is 0.622. The van der Waals surface area contributed by atoms with E-state index in [0.29, 0.717) is 30.2 Å². The van der Waals surface area contributed by atoms with E-state index in [1.54, 1.807) is 0 Å². The third-order valence-electron chi connectivity index (χ3n) is 2.65. The summed E-state index contributed by atoms with van der Waals surface area (Å²) >= 11 is 0. The Morgan fingerprint density at radius 1 is 1.25 bits per heavy atom. The molecule has 20 heavy (non-hydrogen) atoms. The van der Waals surface area contributed by atoms with Crippen molar-refractivity contribution in [2.24, 2.45) is 0 Å². The number of nitrogens with one attached hydrogen (secondary N) is 2. The lowest BCUT2D eigenvalue weighted by atomic mass is 10.2. The molecule has 0 aliphatic rings. The molecule has 0 radical (unpaired) electrons. The van der Waals surface area contributed by atoms with Crippen LogP contribution in [0.4, 0.5) is 17.1 Å². The third-order valence-corrected chi connectivity index (χ3v) is 2.65. The summed E-state index contributed by atoms with van der Waals surface area (Å²) in [6, 6.07) is 6.63. The van der Waals surface area contributed by atoms with Gasteiger partial charge in [-0.1, -0.05) is 5.16 Å². The molecule has 0 bridgehead atoms. The molecule has 2 rings (SSSR count). The van der Waals surface area contributed by atoms with Gasteiger partial charge in [0.15, 0.2) is 5.76 Å². The number of aryl methyl sites for hydroxylation is 1. The van der Waals surface area contributed by atoms with Gasteiger partial charge in [0, 0.05) is 36.1 Å². The molecule has 1 aromatic carbocycles. The molecule has 0 aliphatic carbocycles. The standard InChI is InChI=1S/C13H16N4O3/c1-3-14-10-5-11(7-12(6-10)17(18)19)15-8-13-4-9(2)16-20-13/h4-7,14-15H,3,8H2,1-2H3. The molecule has 7 nitrogen and oxygen atoms in total. The fourth-order valence-corrected chi connectivity index (χ4v) is 1.81. The van der Waals surface area contributed by atoms with Crippen molar-refractivity contribution in [1.29, 1.82) is 0 Å². The normalized spacial score (nSPS) is 10.3. The van der Waals surface area contributed by atoms with E-state index in [2.05, 4.69) is 15.8 Å². The Hall–Kier alpha value is -2.57. The molecule has 0 saturated heterocycles. The lowest BCUT2D eigenvalue weighted by molar-refractivity contribution is -0.384. The molecule has 0 fully saturated rings. The maximum Gasteiger partial charge on any atom is 0.273 e. The van der Waals surface area contributed by atoms with Gasteiger partial charge in [-0.3, -0.25) is 10.1 Å². The summed E-state index contributed by atoms with van der Waals surface area (Å²) in [6.45, 7) is 4.89. The SMILES string of the molecule is CCNc1cc(NCc2cc(C)no2)cc([N+](=O)[O-])c1.